The minimum absolute atomic E-state index is 0.0224. The Bertz CT molecular complexity index is 2000. The van der Waals surface area contributed by atoms with Crippen LogP contribution in [-0.4, -0.2) is 130 Å². The highest BCUT2D eigenvalue weighted by Crippen LogP contribution is 2.22. The summed E-state index contributed by atoms with van der Waals surface area (Å²) >= 11 is 0. The summed E-state index contributed by atoms with van der Waals surface area (Å²) in [6, 6.07) is 6.26. The van der Waals surface area contributed by atoms with E-state index in [2.05, 4.69) is 31.9 Å². The van der Waals surface area contributed by atoms with Gasteiger partial charge in [0, 0.05) is 25.4 Å². The monoisotopic (exact) mass is 923 g/mol. The molecule has 1 heterocycles. The topological polar surface area (TPSA) is 364 Å². The minimum atomic E-state index is -1.38. The van der Waals surface area contributed by atoms with Gasteiger partial charge in [0.1, 0.15) is 42.6 Å². The fraction of sp³-hybridized carbons (Fsp3) is 0.523. The number of primary amides is 1. The molecule has 22 nitrogen and oxygen atoms in total. The van der Waals surface area contributed by atoms with Gasteiger partial charge in [-0.2, -0.15) is 0 Å². The van der Waals surface area contributed by atoms with Crippen LogP contribution in [0.15, 0.2) is 54.6 Å². The molecule has 0 aliphatic carbocycles. The van der Waals surface area contributed by atoms with Gasteiger partial charge in [-0.3, -0.25) is 39.0 Å². The van der Waals surface area contributed by atoms with Crippen molar-refractivity contribution in [3.8, 4) is 5.75 Å². The van der Waals surface area contributed by atoms with E-state index in [4.69, 9.17) is 27.3 Å². The van der Waals surface area contributed by atoms with E-state index in [1.54, 1.807) is 63.2 Å². The number of aliphatic carboxylic acids is 1. The van der Waals surface area contributed by atoms with Gasteiger partial charge in [0.15, 0.2) is 5.96 Å². The largest absolute Gasteiger partial charge is 0.508 e. The molecule has 1 saturated heterocycles. The maximum absolute atomic E-state index is 14.1. The quantitative estimate of drug-likeness (QED) is 0.0212. The predicted molar refractivity (Wildman–Crippen MR) is 241 cm³/mol. The summed E-state index contributed by atoms with van der Waals surface area (Å²) in [5.41, 5.74) is 18.1. The second kappa shape index (κ2) is 26.2. The SMILES string of the molecule is CC(C)[C@@H](NCC[C@@H](NC(=O)[C@@H](Cc1ccc(O)cc1)NC(=O)[C@H](N)CCCNC(=N)N)C(=O)OCc1ccccc1)C(=O)N[C@H](CCC(=O)O)C(=O)N[C@@H]1CC(C)N([C@H](C)C(N)=O)C1=O. The highest BCUT2D eigenvalue weighted by Gasteiger charge is 2.43. The zero-order valence-corrected chi connectivity index (χ0v) is 37.7. The Morgan fingerprint density at radius 2 is 1.45 bits per heavy atom. The Hall–Kier alpha value is -6.81. The van der Waals surface area contributed by atoms with Crippen molar-refractivity contribution in [1.29, 1.82) is 5.41 Å². The number of amides is 6. The summed E-state index contributed by atoms with van der Waals surface area (Å²) in [5.74, 6) is -6.96. The maximum atomic E-state index is 14.1. The van der Waals surface area contributed by atoms with Crippen molar-refractivity contribution in [2.75, 3.05) is 13.1 Å². The fourth-order valence-corrected chi connectivity index (χ4v) is 7.25. The lowest BCUT2D eigenvalue weighted by Gasteiger charge is -2.27. The maximum Gasteiger partial charge on any atom is 0.329 e. The van der Waals surface area contributed by atoms with Crippen LogP contribution in [0.4, 0.5) is 0 Å². The van der Waals surface area contributed by atoms with E-state index in [1.165, 1.54) is 24.0 Å². The molecule has 0 saturated carbocycles. The summed E-state index contributed by atoms with van der Waals surface area (Å²) in [5, 5.41) is 42.8. The second-order valence-electron chi connectivity index (χ2n) is 16.6. The van der Waals surface area contributed by atoms with Gasteiger partial charge in [0.2, 0.25) is 35.4 Å². The number of phenolic OH excluding ortho intramolecular Hbond substituents is 1. The van der Waals surface area contributed by atoms with Gasteiger partial charge in [0.25, 0.3) is 0 Å². The number of hydrogen-bond donors (Lipinski definition) is 12. The number of carbonyl (C=O) groups excluding carboxylic acids is 7. The van der Waals surface area contributed by atoms with Crippen LogP contribution in [0.1, 0.15) is 77.3 Å². The molecule has 15 N–H and O–H groups in total. The first kappa shape index (κ1) is 53.5. The van der Waals surface area contributed by atoms with Gasteiger partial charge in [-0.15, -0.1) is 0 Å². The third-order valence-electron chi connectivity index (χ3n) is 11.0. The number of nitrogens with zero attached hydrogens (tertiary/aromatic N) is 1. The number of nitrogens with one attached hydrogen (secondary N) is 7. The number of nitrogens with two attached hydrogens (primary N) is 3. The van der Waals surface area contributed by atoms with Gasteiger partial charge in [-0.25, -0.2) is 4.79 Å². The number of benzene rings is 2. The highest BCUT2D eigenvalue weighted by molar-refractivity contribution is 5.96. The molecule has 2 aromatic carbocycles. The number of rotatable bonds is 27. The van der Waals surface area contributed by atoms with E-state index < -0.39 is 108 Å². The second-order valence-corrected chi connectivity index (χ2v) is 16.6. The average Bonchev–Trinajstić information content (AvgIpc) is 3.54. The van der Waals surface area contributed by atoms with Crippen LogP contribution in [0.2, 0.25) is 0 Å². The molecule has 2 aromatic rings. The molecule has 8 atom stereocenters. The summed E-state index contributed by atoms with van der Waals surface area (Å²) in [6.45, 7) is 6.66. The Balaban J connectivity index is 1.80. The Labute approximate surface area is 383 Å². The molecule has 66 heavy (non-hydrogen) atoms. The molecule has 0 spiro atoms. The van der Waals surface area contributed by atoms with Crippen molar-refractivity contribution < 1.29 is 53.3 Å². The van der Waals surface area contributed by atoms with E-state index >= 15 is 0 Å². The van der Waals surface area contributed by atoms with Crippen molar-refractivity contribution in [1.82, 2.24) is 36.8 Å². The number of hydrogen-bond acceptors (Lipinski definition) is 13. The van der Waals surface area contributed by atoms with Gasteiger partial charge in [-0.1, -0.05) is 56.3 Å². The minimum Gasteiger partial charge on any atom is -0.508 e. The van der Waals surface area contributed by atoms with Crippen LogP contribution in [0.5, 0.6) is 5.75 Å². The molecule has 1 fully saturated rings. The molecule has 0 radical (unpaired) electrons. The predicted octanol–water partition coefficient (Wildman–Crippen LogP) is -1.43. The van der Waals surface area contributed by atoms with Crippen LogP contribution in [0.3, 0.4) is 0 Å². The molecule has 1 aliphatic rings. The van der Waals surface area contributed by atoms with Crippen molar-refractivity contribution in [3.63, 3.8) is 0 Å². The number of esters is 1. The number of ether oxygens (including phenoxy) is 1. The molecule has 1 unspecified atom stereocenters. The standard InChI is InChI=1S/C44H65N11O11/c1-24(2)36(41(63)51-31(16-17-35(57)58)39(61)54-34-21-25(3)55(42(34)64)26(4)37(46)59)49-20-18-32(43(65)66-23-28-9-6-5-7-10-28)52-40(62)33(22-27-12-14-29(56)15-13-27)53-38(60)30(45)11-8-19-50-44(47)48/h5-7,9-10,12-15,24-26,30-34,36,49,56H,8,11,16-23,45H2,1-4H3,(H2,46,59)(H,51,63)(H,52,62)(H,53,60)(H,54,61)(H,57,58)(H4,47,48,50)/t25?,26-,30-,31-,32-,33-,34-,36-/m1/s1. The van der Waals surface area contributed by atoms with Crippen LogP contribution in [0, 0.1) is 11.3 Å². The van der Waals surface area contributed by atoms with Crippen LogP contribution in [-0.2, 0) is 56.1 Å². The van der Waals surface area contributed by atoms with Gasteiger partial charge in [0.05, 0.1) is 12.1 Å². The van der Waals surface area contributed by atoms with E-state index in [9.17, 15) is 48.6 Å². The number of phenols is 1. The van der Waals surface area contributed by atoms with Gasteiger partial charge < -0.3 is 69.0 Å². The highest BCUT2D eigenvalue weighted by atomic mass is 16.5. The summed E-state index contributed by atoms with van der Waals surface area (Å²) in [7, 11) is 0. The van der Waals surface area contributed by atoms with Crippen molar-refractivity contribution in [3.05, 3.63) is 65.7 Å². The molecule has 362 valence electrons. The first-order valence-electron chi connectivity index (χ1n) is 21.8. The number of carboxylic acid groups (broad SMARTS) is 1. The normalized spacial score (nSPS) is 17.3. The molecule has 0 aromatic heterocycles. The fourth-order valence-electron chi connectivity index (χ4n) is 7.25. The molecular formula is C44H65N11O11. The van der Waals surface area contributed by atoms with E-state index in [0.717, 1.165) is 0 Å². The smallest absolute Gasteiger partial charge is 0.329 e. The van der Waals surface area contributed by atoms with Gasteiger partial charge in [-0.05, 0) is 81.7 Å². The van der Waals surface area contributed by atoms with Crippen LogP contribution >= 0.6 is 0 Å². The molecule has 3 rings (SSSR count). The Morgan fingerprint density at radius 1 is 0.818 bits per heavy atom. The van der Waals surface area contributed by atoms with Gasteiger partial charge >= 0.3 is 11.9 Å². The first-order chi connectivity index (χ1) is 31.2. The summed E-state index contributed by atoms with van der Waals surface area (Å²) in [6.07, 6.45) is -0.304. The molecule has 1 aliphatic heterocycles. The van der Waals surface area contributed by atoms with Crippen molar-refractivity contribution in [2.45, 2.75) is 128 Å². The van der Waals surface area contributed by atoms with E-state index in [1.807, 2.05) is 0 Å². The lowest BCUT2D eigenvalue weighted by Crippen LogP contribution is -2.57. The number of likely N-dealkylation sites (tertiary alicyclic amines) is 1. The lowest BCUT2D eigenvalue weighted by atomic mass is 10.0. The van der Waals surface area contributed by atoms with Crippen molar-refractivity contribution >= 4 is 53.3 Å². The molecule has 22 heteroatoms. The number of carbonyl (C=O) groups is 8. The number of guanidine groups is 1. The Kier molecular flexibility index (Phi) is 21.3. The van der Waals surface area contributed by atoms with Crippen LogP contribution in [0.25, 0.3) is 0 Å². The third kappa shape index (κ3) is 17.3. The van der Waals surface area contributed by atoms with Crippen LogP contribution < -0.4 is 49.1 Å². The Morgan fingerprint density at radius 3 is 2.06 bits per heavy atom. The van der Waals surface area contributed by atoms with E-state index in [-0.39, 0.29) is 63.5 Å². The average molecular weight is 924 g/mol. The summed E-state index contributed by atoms with van der Waals surface area (Å²) < 4.78 is 5.60. The zero-order valence-electron chi connectivity index (χ0n) is 37.7. The van der Waals surface area contributed by atoms with Crippen molar-refractivity contribution in [2.24, 2.45) is 23.1 Å². The first-order valence-corrected chi connectivity index (χ1v) is 21.8. The molecule has 0 bridgehead atoms. The number of carboxylic acids is 1. The lowest BCUT2D eigenvalue weighted by molar-refractivity contribution is -0.149. The zero-order chi connectivity index (χ0) is 49.1. The number of aromatic hydroxyl groups is 1. The molecular weight excluding hydrogens is 859 g/mol. The third-order valence-corrected chi connectivity index (χ3v) is 11.0. The molecule has 6 amide bonds. The van der Waals surface area contributed by atoms with E-state index in [0.29, 0.717) is 17.5 Å². The summed E-state index contributed by atoms with van der Waals surface area (Å²) in [4.78, 5) is 106.